The molecule has 1 aromatic carbocycles. The minimum atomic E-state index is 0.249. The average molecular weight is 263 g/mol. The Kier molecular flexibility index (Phi) is 3.48. The first kappa shape index (κ1) is 12.8. The van der Waals surface area contributed by atoms with E-state index in [1.165, 1.54) is 0 Å². The maximum atomic E-state index is 5.94. The van der Waals surface area contributed by atoms with Gasteiger partial charge in [0.15, 0.2) is 5.82 Å². The van der Waals surface area contributed by atoms with Crippen molar-refractivity contribution in [3.63, 3.8) is 0 Å². The third-order valence-corrected chi connectivity index (χ3v) is 2.77. The van der Waals surface area contributed by atoms with Crippen molar-refractivity contribution >= 4 is 17.3 Å². The van der Waals surface area contributed by atoms with Crippen LogP contribution in [0.25, 0.3) is 11.4 Å². The first-order valence-corrected chi connectivity index (χ1v) is 6.13. The standard InChI is InChI=1S/C13H15ClN4/c1-7(2)12-16-8(3)17-13(18-12)10-5-4-9(14)6-11(10)15/h4-7H,15H2,1-3H3. The summed E-state index contributed by atoms with van der Waals surface area (Å²) in [5.41, 5.74) is 7.30. The Morgan fingerprint density at radius 1 is 1.17 bits per heavy atom. The molecule has 0 unspecified atom stereocenters. The molecule has 0 atom stereocenters. The van der Waals surface area contributed by atoms with Gasteiger partial charge in [0.1, 0.15) is 11.6 Å². The minimum absolute atomic E-state index is 0.249. The fourth-order valence-electron chi connectivity index (χ4n) is 1.62. The van der Waals surface area contributed by atoms with Gasteiger partial charge in [-0.2, -0.15) is 0 Å². The van der Waals surface area contributed by atoms with Gasteiger partial charge in [0.2, 0.25) is 0 Å². The van der Waals surface area contributed by atoms with E-state index in [0.29, 0.717) is 22.4 Å². The number of nitrogens with two attached hydrogens (primary N) is 1. The Balaban J connectivity index is 2.56. The van der Waals surface area contributed by atoms with Crippen LogP contribution in [0.5, 0.6) is 0 Å². The molecule has 2 rings (SSSR count). The quantitative estimate of drug-likeness (QED) is 0.844. The fourth-order valence-corrected chi connectivity index (χ4v) is 1.80. The molecule has 2 aromatic rings. The lowest BCUT2D eigenvalue weighted by atomic mass is 10.1. The normalized spacial score (nSPS) is 10.9. The van der Waals surface area contributed by atoms with Gasteiger partial charge in [0.25, 0.3) is 0 Å². The van der Waals surface area contributed by atoms with Gasteiger partial charge >= 0.3 is 0 Å². The van der Waals surface area contributed by atoms with Crippen molar-refractivity contribution in [2.45, 2.75) is 26.7 Å². The molecule has 18 heavy (non-hydrogen) atoms. The van der Waals surface area contributed by atoms with E-state index >= 15 is 0 Å². The van der Waals surface area contributed by atoms with E-state index in [9.17, 15) is 0 Å². The lowest BCUT2D eigenvalue weighted by Crippen LogP contribution is -2.05. The van der Waals surface area contributed by atoms with E-state index in [0.717, 1.165) is 11.4 Å². The second-order valence-electron chi connectivity index (χ2n) is 4.45. The zero-order valence-corrected chi connectivity index (χ0v) is 11.4. The van der Waals surface area contributed by atoms with Crippen molar-refractivity contribution < 1.29 is 0 Å². The van der Waals surface area contributed by atoms with Crippen LogP contribution in [0, 0.1) is 6.92 Å². The Bertz CT molecular complexity index is 581. The van der Waals surface area contributed by atoms with E-state index in [1.54, 1.807) is 12.1 Å². The van der Waals surface area contributed by atoms with Crippen LogP contribution in [0.1, 0.15) is 31.4 Å². The molecule has 0 saturated heterocycles. The van der Waals surface area contributed by atoms with E-state index < -0.39 is 0 Å². The molecule has 0 bridgehead atoms. The minimum Gasteiger partial charge on any atom is -0.398 e. The Morgan fingerprint density at radius 2 is 1.89 bits per heavy atom. The van der Waals surface area contributed by atoms with E-state index in [-0.39, 0.29) is 5.92 Å². The first-order valence-electron chi connectivity index (χ1n) is 5.75. The fraction of sp³-hybridized carbons (Fsp3) is 0.308. The van der Waals surface area contributed by atoms with Crippen molar-refractivity contribution in [3.05, 3.63) is 34.9 Å². The topological polar surface area (TPSA) is 64.7 Å². The SMILES string of the molecule is Cc1nc(-c2ccc(Cl)cc2N)nc(C(C)C)n1. The van der Waals surface area contributed by atoms with Gasteiger partial charge in [0, 0.05) is 22.2 Å². The zero-order valence-electron chi connectivity index (χ0n) is 10.6. The van der Waals surface area contributed by atoms with E-state index in [2.05, 4.69) is 15.0 Å². The van der Waals surface area contributed by atoms with Crippen LogP contribution < -0.4 is 5.73 Å². The molecule has 2 N–H and O–H groups in total. The van der Waals surface area contributed by atoms with Gasteiger partial charge < -0.3 is 5.73 Å². The molecule has 94 valence electrons. The summed E-state index contributed by atoms with van der Waals surface area (Å²) in [6, 6.07) is 5.31. The summed E-state index contributed by atoms with van der Waals surface area (Å²) >= 11 is 5.88. The highest BCUT2D eigenvalue weighted by atomic mass is 35.5. The highest BCUT2D eigenvalue weighted by Gasteiger charge is 2.11. The first-order chi connectivity index (χ1) is 8.47. The molecule has 0 aliphatic carbocycles. The number of aromatic nitrogens is 3. The second kappa shape index (κ2) is 4.90. The van der Waals surface area contributed by atoms with Gasteiger partial charge in [-0.3, -0.25) is 0 Å². The van der Waals surface area contributed by atoms with Gasteiger partial charge in [-0.05, 0) is 25.1 Å². The highest BCUT2D eigenvalue weighted by molar-refractivity contribution is 6.31. The number of hydrogen-bond donors (Lipinski definition) is 1. The third-order valence-electron chi connectivity index (χ3n) is 2.54. The number of rotatable bonds is 2. The summed E-state index contributed by atoms with van der Waals surface area (Å²) < 4.78 is 0. The number of benzene rings is 1. The molecule has 0 amide bonds. The molecule has 0 fully saturated rings. The average Bonchev–Trinajstić information content (AvgIpc) is 2.27. The van der Waals surface area contributed by atoms with Crippen LogP contribution in [0.3, 0.4) is 0 Å². The summed E-state index contributed by atoms with van der Waals surface area (Å²) in [7, 11) is 0. The van der Waals surface area contributed by atoms with Crippen LogP contribution in [-0.4, -0.2) is 15.0 Å². The smallest absolute Gasteiger partial charge is 0.165 e. The maximum Gasteiger partial charge on any atom is 0.165 e. The van der Waals surface area contributed by atoms with Gasteiger partial charge in [0.05, 0.1) is 0 Å². The highest BCUT2D eigenvalue weighted by Crippen LogP contribution is 2.26. The number of halogens is 1. The van der Waals surface area contributed by atoms with Crippen LogP contribution in [-0.2, 0) is 0 Å². The molecule has 5 heteroatoms. The molecule has 0 spiro atoms. The lowest BCUT2D eigenvalue weighted by Gasteiger charge is -2.09. The number of nitrogen functional groups attached to an aromatic ring is 1. The Morgan fingerprint density at radius 3 is 2.50 bits per heavy atom. The summed E-state index contributed by atoms with van der Waals surface area (Å²) in [5.74, 6) is 2.31. The molecular formula is C13H15ClN4. The van der Waals surface area contributed by atoms with Crippen LogP contribution in [0.2, 0.25) is 5.02 Å². The third kappa shape index (κ3) is 2.59. The second-order valence-corrected chi connectivity index (χ2v) is 4.89. The van der Waals surface area contributed by atoms with Crippen molar-refractivity contribution in [1.29, 1.82) is 0 Å². The van der Waals surface area contributed by atoms with Crippen molar-refractivity contribution in [2.24, 2.45) is 0 Å². The summed E-state index contributed by atoms with van der Waals surface area (Å²) in [4.78, 5) is 13.1. The lowest BCUT2D eigenvalue weighted by molar-refractivity contribution is 0.750. The van der Waals surface area contributed by atoms with Gasteiger partial charge in [-0.1, -0.05) is 25.4 Å². The maximum absolute atomic E-state index is 5.94. The largest absolute Gasteiger partial charge is 0.398 e. The van der Waals surface area contributed by atoms with Crippen molar-refractivity contribution in [1.82, 2.24) is 15.0 Å². The number of anilines is 1. The summed E-state index contributed by atoms with van der Waals surface area (Å²) in [6.07, 6.45) is 0. The number of nitrogens with zero attached hydrogens (tertiary/aromatic N) is 3. The molecule has 0 aliphatic heterocycles. The number of hydrogen-bond acceptors (Lipinski definition) is 4. The van der Waals surface area contributed by atoms with Crippen molar-refractivity contribution in [2.75, 3.05) is 5.73 Å². The molecule has 4 nitrogen and oxygen atoms in total. The summed E-state index contributed by atoms with van der Waals surface area (Å²) in [6.45, 7) is 5.94. The van der Waals surface area contributed by atoms with Gasteiger partial charge in [-0.25, -0.2) is 15.0 Å². The molecule has 0 radical (unpaired) electrons. The number of aryl methyl sites for hydroxylation is 1. The zero-order chi connectivity index (χ0) is 13.3. The van der Waals surface area contributed by atoms with Crippen molar-refractivity contribution in [3.8, 4) is 11.4 Å². The monoisotopic (exact) mass is 262 g/mol. The molecular weight excluding hydrogens is 248 g/mol. The van der Waals surface area contributed by atoms with E-state index in [4.69, 9.17) is 17.3 Å². The molecule has 1 heterocycles. The Labute approximate surface area is 111 Å². The molecule has 0 aliphatic rings. The summed E-state index contributed by atoms with van der Waals surface area (Å²) in [5, 5.41) is 0.603. The molecule has 1 aromatic heterocycles. The Hall–Kier alpha value is -1.68. The van der Waals surface area contributed by atoms with Gasteiger partial charge in [-0.15, -0.1) is 0 Å². The van der Waals surface area contributed by atoms with Crippen LogP contribution in [0.15, 0.2) is 18.2 Å². The predicted molar refractivity (Wildman–Crippen MR) is 73.5 cm³/mol. The van der Waals surface area contributed by atoms with Crippen LogP contribution >= 0.6 is 11.6 Å². The van der Waals surface area contributed by atoms with Crippen LogP contribution in [0.4, 0.5) is 5.69 Å². The predicted octanol–water partition coefficient (Wildman–Crippen LogP) is 3.21. The molecule has 0 saturated carbocycles. The van der Waals surface area contributed by atoms with E-state index in [1.807, 2.05) is 26.8 Å².